The van der Waals surface area contributed by atoms with Crippen LogP contribution >= 0.6 is 15.9 Å². The first-order valence-corrected chi connectivity index (χ1v) is 6.25. The molecule has 1 amide bonds. The van der Waals surface area contributed by atoms with E-state index in [0.717, 1.165) is 17.0 Å². The van der Waals surface area contributed by atoms with E-state index in [4.69, 9.17) is 0 Å². The molecule has 0 aromatic carbocycles. The summed E-state index contributed by atoms with van der Waals surface area (Å²) in [7, 11) is 0. The molecule has 3 rings (SSSR count). The molecule has 0 aromatic heterocycles. The zero-order chi connectivity index (χ0) is 11.1. The summed E-state index contributed by atoms with van der Waals surface area (Å²) in [5.74, 6) is 1.32. The SMILES string of the molecule is O=C(NC1=CNCC(Br)=N1)[C@@H]1C[C@H]2C[C@H]2N1. The second-order valence-corrected chi connectivity index (χ2v) is 5.36. The maximum Gasteiger partial charge on any atom is 0.242 e. The molecular formula is C10H13BrN4O. The van der Waals surface area contributed by atoms with Crippen molar-refractivity contribution in [3.8, 4) is 0 Å². The maximum atomic E-state index is 11.9. The van der Waals surface area contributed by atoms with Crippen LogP contribution in [0.15, 0.2) is 17.0 Å². The average Bonchev–Trinajstić information content (AvgIpc) is 2.86. The Labute approximate surface area is 102 Å². The Balaban J connectivity index is 1.58. The minimum Gasteiger partial charge on any atom is -0.382 e. The monoisotopic (exact) mass is 284 g/mol. The zero-order valence-electron chi connectivity index (χ0n) is 8.66. The molecule has 2 heterocycles. The van der Waals surface area contributed by atoms with Gasteiger partial charge in [0.25, 0.3) is 0 Å². The van der Waals surface area contributed by atoms with Crippen LogP contribution in [0.3, 0.4) is 0 Å². The van der Waals surface area contributed by atoms with Gasteiger partial charge in [-0.05, 0) is 34.7 Å². The van der Waals surface area contributed by atoms with E-state index in [1.54, 1.807) is 6.20 Å². The number of fused-ring (bicyclic) bond motifs is 1. The number of rotatable bonds is 2. The Morgan fingerprint density at radius 1 is 1.56 bits per heavy atom. The summed E-state index contributed by atoms with van der Waals surface area (Å²) in [6.07, 6.45) is 3.91. The van der Waals surface area contributed by atoms with Crippen molar-refractivity contribution >= 4 is 26.5 Å². The van der Waals surface area contributed by atoms with Crippen LogP contribution in [0.25, 0.3) is 0 Å². The van der Waals surface area contributed by atoms with Crippen LogP contribution in [0.2, 0.25) is 0 Å². The van der Waals surface area contributed by atoms with E-state index in [9.17, 15) is 4.79 Å². The Morgan fingerprint density at radius 2 is 2.44 bits per heavy atom. The highest BCUT2D eigenvalue weighted by molar-refractivity contribution is 9.18. The van der Waals surface area contributed by atoms with E-state index in [2.05, 4.69) is 36.9 Å². The number of hydrogen-bond donors (Lipinski definition) is 3. The van der Waals surface area contributed by atoms with Gasteiger partial charge in [-0.15, -0.1) is 0 Å². The number of nitrogens with zero attached hydrogens (tertiary/aromatic N) is 1. The molecule has 3 N–H and O–H groups in total. The van der Waals surface area contributed by atoms with Crippen LogP contribution < -0.4 is 16.0 Å². The third-order valence-corrected chi connectivity index (χ3v) is 3.63. The van der Waals surface area contributed by atoms with E-state index in [-0.39, 0.29) is 11.9 Å². The Morgan fingerprint density at radius 3 is 3.12 bits per heavy atom. The summed E-state index contributed by atoms with van der Waals surface area (Å²) in [4.78, 5) is 16.1. The number of carbonyl (C=O) groups is 1. The minimum atomic E-state index is -0.0412. The van der Waals surface area contributed by atoms with Crippen molar-refractivity contribution in [1.82, 2.24) is 16.0 Å². The number of piperidine rings is 1. The topological polar surface area (TPSA) is 65.5 Å². The molecule has 1 saturated carbocycles. The van der Waals surface area contributed by atoms with Gasteiger partial charge in [0.1, 0.15) is 10.4 Å². The molecule has 16 heavy (non-hydrogen) atoms. The molecule has 2 aliphatic heterocycles. The van der Waals surface area contributed by atoms with E-state index in [0.29, 0.717) is 18.4 Å². The molecular weight excluding hydrogens is 272 g/mol. The van der Waals surface area contributed by atoms with Gasteiger partial charge in [0.05, 0.1) is 12.6 Å². The lowest BCUT2D eigenvalue weighted by Crippen LogP contribution is -2.42. The van der Waals surface area contributed by atoms with Crippen LogP contribution in [0.1, 0.15) is 12.8 Å². The minimum absolute atomic E-state index is 0.0196. The van der Waals surface area contributed by atoms with Crippen LogP contribution in [-0.2, 0) is 4.79 Å². The number of carbonyl (C=O) groups excluding carboxylic acids is 1. The van der Waals surface area contributed by atoms with Crippen molar-refractivity contribution in [2.24, 2.45) is 10.9 Å². The fourth-order valence-corrected chi connectivity index (χ4v) is 2.59. The smallest absolute Gasteiger partial charge is 0.242 e. The molecule has 0 unspecified atom stereocenters. The van der Waals surface area contributed by atoms with Crippen molar-refractivity contribution in [1.29, 1.82) is 0 Å². The van der Waals surface area contributed by atoms with E-state index >= 15 is 0 Å². The summed E-state index contributed by atoms with van der Waals surface area (Å²) in [5, 5.41) is 9.14. The molecule has 1 aliphatic carbocycles. The van der Waals surface area contributed by atoms with Crippen molar-refractivity contribution in [3.05, 3.63) is 12.0 Å². The Kier molecular flexibility index (Phi) is 2.48. The first-order chi connectivity index (χ1) is 7.72. The van der Waals surface area contributed by atoms with Crippen molar-refractivity contribution in [3.63, 3.8) is 0 Å². The number of amides is 1. The highest BCUT2D eigenvalue weighted by Crippen LogP contribution is 2.40. The summed E-state index contributed by atoms with van der Waals surface area (Å²) in [6.45, 7) is 0.672. The van der Waals surface area contributed by atoms with Crippen molar-refractivity contribution in [2.75, 3.05) is 6.54 Å². The lowest BCUT2D eigenvalue weighted by atomic mass is 10.2. The van der Waals surface area contributed by atoms with Crippen LogP contribution in [-0.4, -0.2) is 29.2 Å². The Bertz CT molecular complexity index is 382. The van der Waals surface area contributed by atoms with E-state index in [1.807, 2.05) is 0 Å². The highest BCUT2D eigenvalue weighted by Gasteiger charge is 2.47. The highest BCUT2D eigenvalue weighted by atomic mass is 79.9. The molecule has 1 saturated heterocycles. The summed E-state index contributed by atoms with van der Waals surface area (Å²) >= 11 is 3.30. The second kappa shape index (κ2) is 3.85. The Hall–Kier alpha value is -0.880. The molecule has 0 bridgehead atoms. The lowest BCUT2D eigenvalue weighted by Gasteiger charge is -2.16. The van der Waals surface area contributed by atoms with E-state index < -0.39 is 0 Å². The third-order valence-electron chi connectivity index (χ3n) is 3.17. The third kappa shape index (κ3) is 1.99. The zero-order valence-corrected chi connectivity index (χ0v) is 10.3. The standard InChI is InChI=1S/C10H13BrN4O/c11-8-3-12-4-9(14-8)15-10(16)7-2-5-1-6(5)13-7/h4-7,12-13H,1-3H2,(H,15,16)/t5-,6-,7+/m1/s1. The number of aliphatic imine (C=N–C) groups is 1. The molecule has 3 aliphatic rings. The fraction of sp³-hybridized carbons (Fsp3) is 0.600. The normalized spacial score (nSPS) is 35.7. The lowest BCUT2D eigenvalue weighted by molar-refractivity contribution is -0.122. The number of halogens is 1. The fourth-order valence-electron chi connectivity index (χ4n) is 2.24. The van der Waals surface area contributed by atoms with Gasteiger partial charge in [-0.2, -0.15) is 0 Å². The van der Waals surface area contributed by atoms with Crippen LogP contribution in [0.5, 0.6) is 0 Å². The molecule has 0 aromatic rings. The van der Waals surface area contributed by atoms with Gasteiger partial charge in [0.2, 0.25) is 5.91 Å². The van der Waals surface area contributed by atoms with Gasteiger partial charge in [-0.25, -0.2) is 4.99 Å². The van der Waals surface area contributed by atoms with Gasteiger partial charge in [-0.1, -0.05) is 0 Å². The molecule has 6 heteroatoms. The van der Waals surface area contributed by atoms with Crippen LogP contribution in [0, 0.1) is 5.92 Å². The molecule has 86 valence electrons. The molecule has 0 spiro atoms. The first-order valence-electron chi connectivity index (χ1n) is 5.46. The van der Waals surface area contributed by atoms with Gasteiger partial charge >= 0.3 is 0 Å². The second-order valence-electron chi connectivity index (χ2n) is 4.45. The molecule has 0 radical (unpaired) electrons. The summed E-state index contributed by atoms with van der Waals surface area (Å²) in [5.41, 5.74) is 0. The van der Waals surface area contributed by atoms with Crippen molar-refractivity contribution in [2.45, 2.75) is 24.9 Å². The van der Waals surface area contributed by atoms with Gasteiger partial charge < -0.3 is 16.0 Å². The number of nitrogens with one attached hydrogen (secondary N) is 3. The van der Waals surface area contributed by atoms with E-state index in [1.165, 1.54) is 6.42 Å². The average molecular weight is 285 g/mol. The van der Waals surface area contributed by atoms with Gasteiger partial charge in [0, 0.05) is 12.2 Å². The quantitative estimate of drug-likeness (QED) is 0.671. The summed E-state index contributed by atoms with van der Waals surface area (Å²) in [6, 6.07) is 0.546. The molecule has 5 nitrogen and oxygen atoms in total. The molecule has 3 atom stereocenters. The van der Waals surface area contributed by atoms with Gasteiger partial charge in [0.15, 0.2) is 0 Å². The van der Waals surface area contributed by atoms with Crippen molar-refractivity contribution < 1.29 is 4.79 Å². The van der Waals surface area contributed by atoms with Crippen LogP contribution in [0.4, 0.5) is 0 Å². The molecule has 2 fully saturated rings. The maximum absolute atomic E-state index is 11.9. The summed E-state index contributed by atoms with van der Waals surface area (Å²) < 4.78 is 0.799. The number of hydrogen-bond acceptors (Lipinski definition) is 4. The predicted octanol–water partition coefficient (Wildman–Crippen LogP) is 0.0485. The largest absolute Gasteiger partial charge is 0.382 e. The first kappa shape index (κ1) is 10.3. The predicted molar refractivity (Wildman–Crippen MR) is 64.0 cm³/mol. The van der Waals surface area contributed by atoms with Gasteiger partial charge in [-0.3, -0.25) is 4.79 Å².